The SMILES string of the molecule is CCOC(=O)COc1ncccc1Oc1cc(-n2c(=O)c(C)c(C(F)(F)F)n(C)c2=O)c(F)cc1[N+](=O)[O-]. The molecule has 2 heterocycles. The highest BCUT2D eigenvalue weighted by atomic mass is 19.4. The molecule has 0 bridgehead atoms. The van der Waals surface area contributed by atoms with Crippen LogP contribution >= 0.6 is 0 Å². The van der Waals surface area contributed by atoms with Crippen LogP contribution in [0.4, 0.5) is 23.2 Å². The lowest BCUT2D eigenvalue weighted by molar-refractivity contribution is -0.385. The minimum atomic E-state index is -5.07. The molecule has 0 fully saturated rings. The number of nitro benzene ring substituents is 1. The van der Waals surface area contributed by atoms with Crippen molar-refractivity contribution in [1.82, 2.24) is 14.1 Å². The van der Waals surface area contributed by atoms with Gasteiger partial charge < -0.3 is 14.2 Å². The van der Waals surface area contributed by atoms with Crippen molar-refractivity contribution in [3.63, 3.8) is 0 Å². The largest absolute Gasteiger partial charge is 0.463 e. The van der Waals surface area contributed by atoms with Gasteiger partial charge in [0, 0.05) is 24.9 Å². The standard InChI is InChI=1S/C22H18F4N4O8/c1-4-36-17(31)10-37-19-15(6-5-7-27-19)38-16-9-13(12(23)8-14(16)30(34)35)29-20(32)11(2)18(22(24,25)26)28(3)21(29)33/h5-9H,4,10H2,1-3H3. The van der Waals surface area contributed by atoms with Gasteiger partial charge in [-0.05, 0) is 26.0 Å². The maximum Gasteiger partial charge on any atom is 0.432 e. The second-order valence-corrected chi connectivity index (χ2v) is 7.48. The van der Waals surface area contributed by atoms with Gasteiger partial charge in [0.05, 0.1) is 23.3 Å². The van der Waals surface area contributed by atoms with E-state index in [4.69, 9.17) is 14.2 Å². The Kier molecular flexibility index (Phi) is 7.83. The van der Waals surface area contributed by atoms with Crippen LogP contribution in [0.3, 0.4) is 0 Å². The first-order chi connectivity index (χ1) is 17.8. The molecular weight excluding hydrogens is 524 g/mol. The first-order valence-electron chi connectivity index (χ1n) is 10.6. The topological polar surface area (TPSA) is 145 Å². The zero-order valence-electron chi connectivity index (χ0n) is 19.9. The molecular formula is C22H18F4N4O8. The summed E-state index contributed by atoms with van der Waals surface area (Å²) in [6.07, 6.45) is -3.83. The summed E-state index contributed by atoms with van der Waals surface area (Å²) in [5, 5.41) is 11.6. The number of nitro groups is 1. The molecule has 0 unspecified atom stereocenters. The van der Waals surface area contributed by atoms with Crippen LogP contribution in [-0.4, -0.2) is 38.2 Å². The zero-order valence-corrected chi connectivity index (χ0v) is 19.9. The van der Waals surface area contributed by atoms with E-state index in [1.165, 1.54) is 18.3 Å². The lowest BCUT2D eigenvalue weighted by Crippen LogP contribution is -2.43. The first kappa shape index (κ1) is 27.8. The highest BCUT2D eigenvalue weighted by molar-refractivity contribution is 5.71. The van der Waals surface area contributed by atoms with E-state index >= 15 is 0 Å². The summed E-state index contributed by atoms with van der Waals surface area (Å²) < 4.78 is 70.8. The minimum Gasteiger partial charge on any atom is -0.463 e. The van der Waals surface area contributed by atoms with Gasteiger partial charge in [0.15, 0.2) is 18.2 Å². The number of carbonyl (C=O) groups excluding carboxylic acids is 1. The van der Waals surface area contributed by atoms with Gasteiger partial charge in [0.1, 0.15) is 5.69 Å². The molecule has 3 aromatic rings. The zero-order chi connectivity index (χ0) is 28.4. The van der Waals surface area contributed by atoms with Crippen molar-refractivity contribution in [2.45, 2.75) is 20.0 Å². The van der Waals surface area contributed by atoms with Crippen molar-refractivity contribution in [2.75, 3.05) is 13.2 Å². The van der Waals surface area contributed by atoms with E-state index in [0.717, 1.165) is 14.0 Å². The molecule has 0 atom stereocenters. The smallest absolute Gasteiger partial charge is 0.432 e. The third-order valence-electron chi connectivity index (χ3n) is 5.02. The Bertz CT molecular complexity index is 1490. The fourth-order valence-corrected chi connectivity index (χ4v) is 3.41. The van der Waals surface area contributed by atoms with Crippen LogP contribution in [0.15, 0.2) is 40.1 Å². The lowest BCUT2D eigenvalue weighted by Gasteiger charge is -2.17. The van der Waals surface area contributed by atoms with Crippen LogP contribution < -0.4 is 20.7 Å². The van der Waals surface area contributed by atoms with Crippen LogP contribution in [0.2, 0.25) is 0 Å². The molecule has 0 amide bonds. The number of pyridine rings is 1. The molecule has 0 aliphatic rings. The van der Waals surface area contributed by atoms with Crippen molar-refractivity contribution in [3.05, 3.63) is 78.5 Å². The molecule has 12 nitrogen and oxygen atoms in total. The fraction of sp³-hybridized carbons (Fsp3) is 0.273. The number of rotatable bonds is 8. The third kappa shape index (κ3) is 5.47. The van der Waals surface area contributed by atoms with Crippen molar-refractivity contribution in [3.8, 4) is 23.1 Å². The maximum atomic E-state index is 15.0. The van der Waals surface area contributed by atoms with E-state index in [-0.39, 0.29) is 27.4 Å². The Morgan fingerprint density at radius 2 is 1.89 bits per heavy atom. The second kappa shape index (κ2) is 10.7. The molecule has 0 aliphatic carbocycles. The van der Waals surface area contributed by atoms with Crippen LogP contribution in [0.5, 0.6) is 17.4 Å². The van der Waals surface area contributed by atoms with Gasteiger partial charge in [-0.15, -0.1) is 0 Å². The number of halogens is 4. The normalized spacial score (nSPS) is 11.2. The number of benzene rings is 1. The number of hydrogen-bond acceptors (Lipinski definition) is 9. The average Bonchev–Trinajstić information content (AvgIpc) is 2.83. The second-order valence-electron chi connectivity index (χ2n) is 7.48. The predicted octanol–water partition coefficient (Wildman–Crippen LogP) is 3.04. The molecule has 0 spiro atoms. The van der Waals surface area contributed by atoms with E-state index in [1.807, 2.05) is 0 Å². The number of carbonyl (C=O) groups is 1. The molecule has 0 N–H and O–H groups in total. The quantitative estimate of drug-likeness (QED) is 0.181. The van der Waals surface area contributed by atoms with E-state index < -0.39 is 69.1 Å². The molecule has 2 aromatic heterocycles. The van der Waals surface area contributed by atoms with Crippen molar-refractivity contribution in [1.29, 1.82) is 0 Å². The summed E-state index contributed by atoms with van der Waals surface area (Å²) in [5.74, 6) is -3.55. The van der Waals surface area contributed by atoms with Crippen LogP contribution in [0, 0.1) is 22.9 Å². The number of alkyl halides is 3. The third-order valence-corrected chi connectivity index (χ3v) is 5.02. The van der Waals surface area contributed by atoms with Gasteiger partial charge in [-0.25, -0.2) is 23.5 Å². The van der Waals surface area contributed by atoms with Crippen molar-refractivity contribution < 1.29 is 41.5 Å². The Morgan fingerprint density at radius 3 is 2.50 bits per heavy atom. The van der Waals surface area contributed by atoms with E-state index in [2.05, 4.69) is 4.98 Å². The highest BCUT2D eigenvalue weighted by Gasteiger charge is 2.38. The molecule has 0 saturated carbocycles. The number of esters is 1. The van der Waals surface area contributed by atoms with Crippen molar-refractivity contribution in [2.24, 2.45) is 7.05 Å². The fourth-order valence-electron chi connectivity index (χ4n) is 3.41. The molecule has 16 heteroatoms. The molecule has 0 aliphatic heterocycles. The van der Waals surface area contributed by atoms with Crippen LogP contribution in [0.25, 0.3) is 5.69 Å². The summed E-state index contributed by atoms with van der Waals surface area (Å²) >= 11 is 0. The molecule has 202 valence electrons. The molecule has 0 radical (unpaired) electrons. The summed E-state index contributed by atoms with van der Waals surface area (Å²) in [4.78, 5) is 51.4. The molecule has 38 heavy (non-hydrogen) atoms. The average molecular weight is 542 g/mol. The first-order valence-corrected chi connectivity index (χ1v) is 10.6. The Morgan fingerprint density at radius 1 is 1.21 bits per heavy atom. The van der Waals surface area contributed by atoms with E-state index in [1.54, 1.807) is 6.92 Å². The molecule has 3 rings (SSSR count). The molecule has 0 saturated heterocycles. The van der Waals surface area contributed by atoms with Gasteiger partial charge in [-0.1, -0.05) is 0 Å². The maximum absolute atomic E-state index is 15.0. The van der Waals surface area contributed by atoms with Crippen LogP contribution in [0.1, 0.15) is 18.2 Å². The van der Waals surface area contributed by atoms with Gasteiger partial charge in [-0.2, -0.15) is 13.2 Å². The van der Waals surface area contributed by atoms with Gasteiger partial charge in [0.2, 0.25) is 5.75 Å². The van der Waals surface area contributed by atoms with E-state index in [9.17, 15) is 42.1 Å². The molecule has 1 aromatic carbocycles. The number of nitrogens with zero attached hydrogens (tertiary/aromatic N) is 4. The highest BCUT2D eigenvalue weighted by Crippen LogP contribution is 2.37. The van der Waals surface area contributed by atoms with E-state index in [0.29, 0.717) is 12.1 Å². The summed E-state index contributed by atoms with van der Waals surface area (Å²) in [7, 11) is 0.734. The summed E-state index contributed by atoms with van der Waals surface area (Å²) in [6, 6.07) is 3.50. The van der Waals surface area contributed by atoms with Gasteiger partial charge in [0.25, 0.3) is 11.4 Å². The van der Waals surface area contributed by atoms with Crippen LogP contribution in [-0.2, 0) is 22.8 Å². The monoisotopic (exact) mass is 542 g/mol. The number of hydrogen-bond donors (Lipinski definition) is 0. The number of ether oxygens (including phenoxy) is 3. The number of aromatic nitrogens is 3. The Hall–Kier alpha value is -4.76. The lowest BCUT2D eigenvalue weighted by atomic mass is 10.2. The summed E-state index contributed by atoms with van der Waals surface area (Å²) in [6.45, 7) is 1.83. The van der Waals surface area contributed by atoms with Crippen molar-refractivity contribution >= 4 is 11.7 Å². The predicted molar refractivity (Wildman–Crippen MR) is 120 cm³/mol. The minimum absolute atomic E-state index is 0.0700. The van der Waals surface area contributed by atoms with Gasteiger partial charge in [-0.3, -0.25) is 19.5 Å². The Balaban J connectivity index is 2.18. The van der Waals surface area contributed by atoms with Gasteiger partial charge >= 0.3 is 23.5 Å². The summed E-state index contributed by atoms with van der Waals surface area (Å²) in [5.41, 5.74) is -7.39. The Labute approximate surface area is 209 Å².